The second kappa shape index (κ2) is 8.61. The molecule has 0 fully saturated rings. The van der Waals surface area contributed by atoms with Crippen molar-refractivity contribution < 1.29 is 18.4 Å². The first-order valence-electron chi connectivity index (χ1n) is 7.35. The molecule has 0 aliphatic heterocycles. The van der Waals surface area contributed by atoms with Gasteiger partial charge < -0.3 is 16.0 Å². The molecule has 2 aromatic rings. The fourth-order valence-electron chi connectivity index (χ4n) is 1.93. The highest BCUT2D eigenvalue weighted by molar-refractivity contribution is 5.89. The Morgan fingerprint density at radius 2 is 1.71 bits per heavy atom. The Labute approximate surface area is 138 Å². The Balaban J connectivity index is 1.67. The molecule has 0 aromatic heterocycles. The van der Waals surface area contributed by atoms with Crippen molar-refractivity contribution in [2.75, 3.05) is 11.9 Å². The molecule has 3 amide bonds. The topological polar surface area (TPSA) is 70.2 Å². The van der Waals surface area contributed by atoms with E-state index in [4.69, 9.17) is 0 Å². The minimum atomic E-state index is -0.870. The van der Waals surface area contributed by atoms with Gasteiger partial charge in [-0.1, -0.05) is 30.3 Å². The van der Waals surface area contributed by atoms with Gasteiger partial charge in [0.25, 0.3) is 0 Å². The third-order valence-corrected chi connectivity index (χ3v) is 3.15. The molecular weight excluding hydrogens is 316 g/mol. The maximum absolute atomic E-state index is 13.4. The van der Waals surface area contributed by atoms with Crippen molar-refractivity contribution in [3.05, 3.63) is 65.7 Å². The lowest BCUT2D eigenvalue weighted by Crippen LogP contribution is -2.33. The maximum atomic E-state index is 13.4. The molecule has 24 heavy (non-hydrogen) atoms. The van der Waals surface area contributed by atoms with E-state index in [0.717, 1.165) is 17.7 Å². The van der Waals surface area contributed by atoms with E-state index in [-0.39, 0.29) is 24.6 Å². The van der Waals surface area contributed by atoms with Crippen molar-refractivity contribution in [1.29, 1.82) is 0 Å². The zero-order valence-electron chi connectivity index (χ0n) is 12.8. The summed E-state index contributed by atoms with van der Waals surface area (Å²) in [7, 11) is 0. The van der Waals surface area contributed by atoms with Crippen molar-refractivity contribution in [2.45, 2.75) is 13.0 Å². The fraction of sp³-hybridized carbons (Fsp3) is 0.176. The molecule has 2 rings (SSSR count). The summed E-state index contributed by atoms with van der Waals surface area (Å²) in [5, 5.41) is 7.40. The zero-order valence-corrected chi connectivity index (χ0v) is 12.8. The highest BCUT2D eigenvalue weighted by Crippen LogP contribution is 2.14. The van der Waals surface area contributed by atoms with Crippen LogP contribution in [0.4, 0.5) is 19.3 Å². The van der Waals surface area contributed by atoms with Crippen LogP contribution in [0, 0.1) is 11.6 Å². The molecule has 3 N–H and O–H groups in total. The summed E-state index contributed by atoms with van der Waals surface area (Å²) in [6, 6.07) is 11.6. The number of hydrogen-bond acceptors (Lipinski definition) is 2. The van der Waals surface area contributed by atoms with Gasteiger partial charge in [0.05, 0.1) is 5.69 Å². The van der Waals surface area contributed by atoms with Gasteiger partial charge in [-0.25, -0.2) is 13.6 Å². The number of halogens is 2. The molecule has 0 saturated heterocycles. The molecule has 126 valence electrons. The van der Waals surface area contributed by atoms with Crippen molar-refractivity contribution in [3.63, 3.8) is 0 Å². The molecule has 0 unspecified atom stereocenters. The van der Waals surface area contributed by atoms with E-state index in [1.165, 1.54) is 0 Å². The van der Waals surface area contributed by atoms with E-state index in [1.807, 2.05) is 30.3 Å². The molecule has 0 heterocycles. The van der Waals surface area contributed by atoms with Gasteiger partial charge in [-0.05, 0) is 17.7 Å². The summed E-state index contributed by atoms with van der Waals surface area (Å²) in [6.45, 7) is 0.502. The Hall–Kier alpha value is -2.96. The molecule has 0 atom stereocenters. The molecule has 0 bridgehead atoms. The van der Waals surface area contributed by atoms with E-state index in [0.29, 0.717) is 12.6 Å². The summed E-state index contributed by atoms with van der Waals surface area (Å²) in [6.07, 6.45) is 0.0894. The van der Waals surface area contributed by atoms with Crippen molar-refractivity contribution in [2.24, 2.45) is 0 Å². The van der Waals surface area contributed by atoms with E-state index in [1.54, 1.807) is 0 Å². The highest BCUT2D eigenvalue weighted by Gasteiger charge is 2.08. The highest BCUT2D eigenvalue weighted by atomic mass is 19.1. The quantitative estimate of drug-likeness (QED) is 0.761. The monoisotopic (exact) mass is 333 g/mol. The number of anilines is 1. The van der Waals surface area contributed by atoms with Gasteiger partial charge in [0.1, 0.15) is 11.6 Å². The molecule has 0 aliphatic carbocycles. The smallest absolute Gasteiger partial charge is 0.319 e. The SMILES string of the molecule is O=C(CCNC(=O)Nc1ccc(F)cc1F)NCc1ccccc1. The summed E-state index contributed by atoms with van der Waals surface area (Å²) >= 11 is 0. The standard InChI is InChI=1S/C17H17F2N3O2/c18-13-6-7-15(14(19)10-13)22-17(24)20-9-8-16(23)21-11-12-4-2-1-3-5-12/h1-7,10H,8-9,11H2,(H,21,23)(H2,20,22,24). The maximum Gasteiger partial charge on any atom is 0.319 e. The van der Waals surface area contributed by atoms with E-state index >= 15 is 0 Å². The Morgan fingerprint density at radius 1 is 0.958 bits per heavy atom. The van der Waals surface area contributed by atoms with Gasteiger partial charge in [-0.3, -0.25) is 4.79 Å². The lowest BCUT2D eigenvalue weighted by atomic mass is 10.2. The van der Waals surface area contributed by atoms with Crippen LogP contribution in [0.1, 0.15) is 12.0 Å². The number of benzene rings is 2. The molecule has 2 aromatic carbocycles. The van der Waals surface area contributed by atoms with Gasteiger partial charge >= 0.3 is 6.03 Å². The third kappa shape index (κ3) is 5.68. The predicted molar refractivity (Wildman–Crippen MR) is 86.3 cm³/mol. The lowest BCUT2D eigenvalue weighted by molar-refractivity contribution is -0.121. The molecule has 0 aliphatic rings. The van der Waals surface area contributed by atoms with E-state index in [2.05, 4.69) is 16.0 Å². The number of amides is 3. The second-order valence-electron chi connectivity index (χ2n) is 5.02. The molecule has 0 radical (unpaired) electrons. The molecule has 5 nitrogen and oxygen atoms in total. The normalized spacial score (nSPS) is 10.1. The minimum Gasteiger partial charge on any atom is -0.352 e. The first-order chi connectivity index (χ1) is 11.5. The number of rotatable bonds is 6. The van der Waals surface area contributed by atoms with Crippen molar-refractivity contribution in [3.8, 4) is 0 Å². The molecule has 7 heteroatoms. The Bertz CT molecular complexity index is 708. The number of nitrogens with one attached hydrogen (secondary N) is 3. The second-order valence-corrected chi connectivity index (χ2v) is 5.02. The van der Waals surface area contributed by atoms with Crippen molar-refractivity contribution in [1.82, 2.24) is 10.6 Å². The van der Waals surface area contributed by atoms with Crippen LogP contribution < -0.4 is 16.0 Å². The summed E-state index contributed by atoms with van der Waals surface area (Å²) in [5.41, 5.74) is 0.839. The van der Waals surface area contributed by atoms with Crippen LogP contribution in [-0.4, -0.2) is 18.5 Å². The van der Waals surface area contributed by atoms with Crippen LogP contribution in [0.3, 0.4) is 0 Å². The number of hydrogen-bond donors (Lipinski definition) is 3. The van der Waals surface area contributed by atoms with Gasteiger partial charge in [0.2, 0.25) is 5.91 Å². The van der Waals surface area contributed by atoms with Crippen LogP contribution in [0.2, 0.25) is 0 Å². The van der Waals surface area contributed by atoms with Crippen LogP contribution in [0.25, 0.3) is 0 Å². The summed E-state index contributed by atoms with van der Waals surface area (Å²) < 4.78 is 26.1. The van der Waals surface area contributed by atoms with Crippen LogP contribution >= 0.6 is 0 Å². The largest absolute Gasteiger partial charge is 0.352 e. The number of carbonyl (C=O) groups excluding carboxylic acids is 2. The average Bonchev–Trinajstić information content (AvgIpc) is 2.56. The van der Waals surface area contributed by atoms with Gasteiger partial charge in [-0.15, -0.1) is 0 Å². The first kappa shape index (κ1) is 17.4. The van der Waals surface area contributed by atoms with Gasteiger partial charge in [-0.2, -0.15) is 0 Å². The van der Waals surface area contributed by atoms with E-state index < -0.39 is 17.7 Å². The number of urea groups is 1. The third-order valence-electron chi connectivity index (χ3n) is 3.15. The Kier molecular flexibility index (Phi) is 6.24. The molecule has 0 saturated carbocycles. The van der Waals surface area contributed by atoms with Gasteiger partial charge in [0, 0.05) is 25.6 Å². The van der Waals surface area contributed by atoms with Crippen LogP contribution in [0.5, 0.6) is 0 Å². The molecular formula is C17H17F2N3O2. The lowest BCUT2D eigenvalue weighted by Gasteiger charge is -2.09. The van der Waals surface area contributed by atoms with Crippen LogP contribution in [0.15, 0.2) is 48.5 Å². The fourth-order valence-corrected chi connectivity index (χ4v) is 1.93. The predicted octanol–water partition coefficient (Wildman–Crippen LogP) is 2.79. The van der Waals surface area contributed by atoms with Crippen LogP contribution in [-0.2, 0) is 11.3 Å². The average molecular weight is 333 g/mol. The summed E-state index contributed by atoms with van der Waals surface area (Å²) in [5.74, 6) is -1.81. The first-order valence-corrected chi connectivity index (χ1v) is 7.35. The zero-order chi connectivity index (χ0) is 17.4. The van der Waals surface area contributed by atoms with Crippen molar-refractivity contribution >= 4 is 17.6 Å². The summed E-state index contributed by atoms with van der Waals surface area (Å²) in [4.78, 5) is 23.3. The Morgan fingerprint density at radius 3 is 2.42 bits per heavy atom. The van der Waals surface area contributed by atoms with Gasteiger partial charge in [0.15, 0.2) is 0 Å². The minimum absolute atomic E-state index is 0.0894. The number of carbonyl (C=O) groups is 2. The molecule has 0 spiro atoms. The van der Waals surface area contributed by atoms with E-state index in [9.17, 15) is 18.4 Å².